The maximum Gasteiger partial charge on any atom is 0.0695 e. The third-order valence-electron chi connectivity index (χ3n) is 3.30. The van der Waals surface area contributed by atoms with Gasteiger partial charge in [0.2, 0.25) is 0 Å². The lowest BCUT2D eigenvalue weighted by Gasteiger charge is -2.40. The van der Waals surface area contributed by atoms with Crippen molar-refractivity contribution in [1.29, 1.82) is 0 Å². The second-order valence-electron chi connectivity index (χ2n) is 4.04. The van der Waals surface area contributed by atoms with Crippen LogP contribution in [0, 0.1) is 0 Å². The molecule has 2 N–H and O–H groups in total. The molecule has 3 nitrogen and oxygen atoms in total. The van der Waals surface area contributed by atoms with Gasteiger partial charge in [-0.15, -0.1) is 0 Å². The number of nitrogens with one attached hydrogen (secondary N) is 1. The molecule has 2 fully saturated rings. The first kappa shape index (κ1) is 8.48. The molecule has 1 heterocycles. The number of aliphatic hydroxyl groups is 1. The molecule has 2 atom stereocenters. The topological polar surface area (TPSA) is 35.5 Å². The number of rotatable bonds is 2. The van der Waals surface area contributed by atoms with Crippen molar-refractivity contribution in [2.24, 2.45) is 0 Å². The van der Waals surface area contributed by atoms with Crippen molar-refractivity contribution in [3.63, 3.8) is 0 Å². The highest BCUT2D eigenvalue weighted by Gasteiger charge is 2.34. The first-order valence-corrected chi connectivity index (χ1v) is 4.90. The minimum Gasteiger partial charge on any atom is -0.391 e. The molecule has 2 aliphatic rings. The van der Waals surface area contributed by atoms with Crippen molar-refractivity contribution in [3.05, 3.63) is 0 Å². The normalized spacial score (nSPS) is 37.2. The van der Waals surface area contributed by atoms with Crippen molar-refractivity contribution in [3.8, 4) is 0 Å². The van der Waals surface area contributed by atoms with Crippen molar-refractivity contribution in [1.82, 2.24) is 10.2 Å². The SMILES string of the molecule is CN(C1CNC1)[C@@H]1CCC[C@H]1O. The molecule has 0 bridgehead atoms. The molecular formula is C9H18N2O. The summed E-state index contributed by atoms with van der Waals surface area (Å²) < 4.78 is 0. The summed E-state index contributed by atoms with van der Waals surface area (Å²) in [7, 11) is 2.14. The van der Waals surface area contributed by atoms with Crippen LogP contribution >= 0.6 is 0 Å². The van der Waals surface area contributed by atoms with Gasteiger partial charge < -0.3 is 10.4 Å². The van der Waals surface area contributed by atoms with E-state index in [0.717, 1.165) is 19.5 Å². The van der Waals surface area contributed by atoms with Gasteiger partial charge in [0.15, 0.2) is 0 Å². The van der Waals surface area contributed by atoms with E-state index in [1.54, 1.807) is 0 Å². The fourth-order valence-corrected chi connectivity index (χ4v) is 2.23. The number of hydrogen-bond acceptors (Lipinski definition) is 3. The smallest absolute Gasteiger partial charge is 0.0695 e. The zero-order chi connectivity index (χ0) is 8.55. The molecule has 0 aromatic carbocycles. The Kier molecular flexibility index (Phi) is 2.35. The Morgan fingerprint density at radius 3 is 2.50 bits per heavy atom. The quantitative estimate of drug-likeness (QED) is 0.602. The van der Waals surface area contributed by atoms with Crippen molar-refractivity contribution in [2.45, 2.75) is 37.5 Å². The first-order valence-electron chi connectivity index (χ1n) is 4.90. The molecule has 0 amide bonds. The summed E-state index contributed by atoms with van der Waals surface area (Å²) in [6.07, 6.45) is 3.29. The maximum absolute atomic E-state index is 9.67. The zero-order valence-electron chi connectivity index (χ0n) is 7.66. The van der Waals surface area contributed by atoms with Crippen LogP contribution in [0.1, 0.15) is 19.3 Å². The number of hydrogen-bond donors (Lipinski definition) is 2. The van der Waals surface area contributed by atoms with Crippen molar-refractivity contribution in [2.75, 3.05) is 20.1 Å². The Bertz CT molecular complexity index is 159. The van der Waals surface area contributed by atoms with Crippen LogP contribution in [0.5, 0.6) is 0 Å². The Morgan fingerprint density at radius 1 is 1.33 bits per heavy atom. The van der Waals surface area contributed by atoms with E-state index in [4.69, 9.17) is 0 Å². The van der Waals surface area contributed by atoms with Crippen LogP contribution in [-0.2, 0) is 0 Å². The highest BCUT2D eigenvalue weighted by atomic mass is 16.3. The molecule has 0 spiro atoms. The number of aliphatic hydroxyl groups excluding tert-OH is 1. The monoisotopic (exact) mass is 170 g/mol. The summed E-state index contributed by atoms with van der Waals surface area (Å²) in [6.45, 7) is 2.19. The average Bonchev–Trinajstić information content (AvgIpc) is 2.31. The Morgan fingerprint density at radius 2 is 2.08 bits per heavy atom. The summed E-state index contributed by atoms with van der Waals surface area (Å²) in [6, 6.07) is 1.10. The van der Waals surface area contributed by atoms with E-state index in [2.05, 4.69) is 17.3 Å². The molecule has 2 rings (SSSR count). The number of likely N-dealkylation sites (N-methyl/N-ethyl adjacent to an activating group) is 1. The predicted molar refractivity (Wildman–Crippen MR) is 48.1 cm³/mol. The second-order valence-corrected chi connectivity index (χ2v) is 4.04. The third kappa shape index (κ3) is 1.37. The summed E-state index contributed by atoms with van der Waals surface area (Å²) in [5, 5.41) is 12.9. The average molecular weight is 170 g/mol. The van der Waals surface area contributed by atoms with E-state index in [-0.39, 0.29) is 6.10 Å². The third-order valence-corrected chi connectivity index (χ3v) is 3.30. The van der Waals surface area contributed by atoms with E-state index in [9.17, 15) is 5.11 Å². The molecule has 12 heavy (non-hydrogen) atoms. The molecule has 1 aliphatic heterocycles. The number of nitrogens with zero attached hydrogens (tertiary/aromatic N) is 1. The Hall–Kier alpha value is -0.120. The molecule has 1 saturated heterocycles. The molecule has 3 heteroatoms. The summed E-state index contributed by atoms with van der Waals surface area (Å²) >= 11 is 0. The highest BCUT2D eigenvalue weighted by Crippen LogP contribution is 2.25. The van der Waals surface area contributed by atoms with E-state index in [1.165, 1.54) is 12.8 Å². The largest absolute Gasteiger partial charge is 0.391 e. The standard InChI is InChI=1S/C9H18N2O/c1-11(7-5-10-6-7)8-3-2-4-9(8)12/h7-10,12H,2-6H2,1H3/t8-,9-/m1/s1. The summed E-state index contributed by atoms with van der Waals surface area (Å²) in [4.78, 5) is 2.36. The maximum atomic E-state index is 9.67. The minimum atomic E-state index is -0.0735. The lowest BCUT2D eigenvalue weighted by atomic mass is 10.1. The molecule has 0 radical (unpaired) electrons. The molecule has 1 aliphatic carbocycles. The van der Waals surface area contributed by atoms with Crippen molar-refractivity contribution < 1.29 is 5.11 Å². The van der Waals surface area contributed by atoms with Crippen LogP contribution in [-0.4, -0.2) is 48.3 Å². The van der Waals surface area contributed by atoms with Gasteiger partial charge in [0.25, 0.3) is 0 Å². The zero-order valence-corrected chi connectivity index (χ0v) is 7.66. The lowest BCUT2D eigenvalue weighted by molar-refractivity contribution is 0.0454. The summed E-state index contributed by atoms with van der Waals surface area (Å²) in [5.74, 6) is 0. The lowest BCUT2D eigenvalue weighted by Crippen LogP contribution is -2.59. The van der Waals surface area contributed by atoms with Gasteiger partial charge in [-0.25, -0.2) is 0 Å². The molecular weight excluding hydrogens is 152 g/mol. The molecule has 0 unspecified atom stereocenters. The Labute approximate surface area is 73.8 Å². The van der Waals surface area contributed by atoms with Crippen LogP contribution < -0.4 is 5.32 Å². The van der Waals surface area contributed by atoms with Gasteiger partial charge in [0, 0.05) is 25.2 Å². The van der Waals surface area contributed by atoms with Crippen LogP contribution in [0.3, 0.4) is 0 Å². The van der Waals surface area contributed by atoms with Gasteiger partial charge >= 0.3 is 0 Å². The van der Waals surface area contributed by atoms with Crippen LogP contribution in [0.4, 0.5) is 0 Å². The van der Waals surface area contributed by atoms with E-state index in [1.807, 2.05) is 0 Å². The van der Waals surface area contributed by atoms with E-state index < -0.39 is 0 Å². The minimum absolute atomic E-state index is 0.0735. The fourth-order valence-electron chi connectivity index (χ4n) is 2.23. The highest BCUT2D eigenvalue weighted by molar-refractivity contribution is 4.91. The van der Waals surface area contributed by atoms with Crippen LogP contribution in [0.15, 0.2) is 0 Å². The van der Waals surface area contributed by atoms with Gasteiger partial charge in [0.1, 0.15) is 0 Å². The van der Waals surface area contributed by atoms with Crippen molar-refractivity contribution >= 4 is 0 Å². The van der Waals surface area contributed by atoms with Gasteiger partial charge in [-0.3, -0.25) is 4.90 Å². The molecule has 1 saturated carbocycles. The first-order chi connectivity index (χ1) is 5.79. The fraction of sp³-hybridized carbons (Fsp3) is 1.00. The van der Waals surface area contributed by atoms with Crippen LogP contribution in [0.25, 0.3) is 0 Å². The molecule has 0 aromatic heterocycles. The van der Waals surface area contributed by atoms with Gasteiger partial charge in [0.05, 0.1) is 6.10 Å². The molecule has 70 valence electrons. The van der Waals surface area contributed by atoms with Gasteiger partial charge in [-0.2, -0.15) is 0 Å². The van der Waals surface area contributed by atoms with Gasteiger partial charge in [-0.1, -0.05) is 0 Å². The van der Waals surface area contributed by atoms with Crippen LogP contribution in [0.2, 0.25) is 0 Å². The predicted octanol–water partition coefficient (Wildman–Crippen LogP) is -0.197. The summed E-state index contributed by atoms with van der Waals surface area (Å²) in [5.41, 5.74) is 0. The second kappa shape index (κ2) is 3.32. The van der Waals surface area contributed by atoms with E-state index >= 15 is 0 Å². The molecule has 0 aromatic rings. The van der Waals surface area contributed by atoms with Gasteiger partial charge in [-0.05, 0) is 26.3 Å². The van der Waals surface area contributed by atoms with E-state index in [0.29, 0.717) is 12.1 Å². The Balaban J connectivity index is 1.89.